The predicted molar refractivity (Wildman–Crippen MR) is 145 cm³/mol. The minimum Gasteiger partial charge on any atom is -0.481 e. The molecule has 2 aromatic heterocycles. The lowest BCUT2D eigenvalue weighted by Crippen LogP contribution is -2.24. The van der Waals surface area contributed by atoms with Crippen molar-refractivity contribution >= 4 is 39.9 Å². The molecule has 9 heteroatoms. The summed E-state index contributed by atoms with van der Waals surface area (Å²) in [5, 5.41) is 13.3. The number of carbonyl (C=O) groups is 2. The van der Waals surface area contributed by atoms with Gasteiger partial charge in [0.15, 0.2) is 5.43 Å². The molecule has 4 rings (SSSR count). The largest absolute Gasteiger partial charge is 0.481 e. The van der Waals surface area contributed by atoms with Gasteiger partial charge in [-0.15, -0.1) is 0 Å². The summed E-state index contributed by atoms with van der Waals surface area (Å²) in [6, 6.07) is 14.3. The molecule has 0 radical (unpaired) electrons. The molecule has 1 atom stereocenters. The van der Waals surface area contributed by atoms with Gasteiger partial charge in [0.25, 0.3) is 0 Å². The van der Waals surface area contributed by atoms with Crippen molar-refractivity contribution in [1.29, 1.82) is 0 Å². The molecule has 0 saturated carbocycles. The second-order valence-corrected chi connectivity index (χ2v) is 10.7. The van der Waals surface area contributed by atoms with E-state index in [1.807, 2.05) is 45.0 Å². The van der Waals surface area contributed by atoms with Crippen molar-refractivity contribution < 1.29 is 23.8 Å². The highest BCUT2D eigenvalue weighted by Crippen LogP contribution is 2.21. The number of H-pyrrole nitrogens is 1. The molecular weight excluding hydrogens is 486 g/mol. The first kappa shape index (κ1) is 26.9. The van der Waals surface area contributed by atoms with Crippen LogP contribution in [0.1, 0.15) is 44.9 Å². The van der Waals surface area contributed by atoms with Crippen molar-refractivity contribution in [2.75, 3.05) is 18.5 Å². The summed E-state index contributed by atoms with van der Waals surface area (Å²) in [6.07, 6.45) is 1.16. The quantitative estimate of drug-likeness (QED) is 0.187. The van der Waals surface area contributed by atoms with Gasteiger partial charge < -0.3 is 24.6 Å². The van der Waals surface area contributed by atoms with Crippen LogP contribution >= 0.6 is 0 Å². The Bertz CT molecular complexity index is 1460. The summed E-state index contributed by atoms with van der Waals surface area (Å²) in [5.74, 6) is -1.32. The summed E-state index contributed by atoms with van der Waals surface area (Å²) in [6.45, 7) is 6.66. The van der Waals surface area contributed by atoms with Gasteiger partial charge in [-0.2, -0.15) is 0 Å². The lowest BCUT2D eigenvalue weighted by molar-refractivity contribution is -0.153. The number of aromatic nitrogens is 2. The highest BCUT2D eigenvalue weighted by atomic mass is 16.5. The number of hydrogen-bond acceptors (Lipinski definition) is 7. The van der Waals surface area contributed by atoms with Gasteiger partial charge in [-0.1, -0.05) is 39.0 Å². The number of ether oxygens (including phenoxy) is 1. The Morgan fingerprint density at radius 2 is 1.95 bits per heavy atom. The number of carboxylic acids is 1. The molecule has 38 heavy (non-hydrogen) atoms. The molecule has 9 nitrogen and oxygen atoms in total. The number of aromatic amines is 1. The van der Waals surface area contributed by atoms with Crippen LogP contribution in [0.2, 0.25) is 0 Å². The number of anilines is 1. The second kappa shape index (κ2) is 11.5. The monoisotopic (exact) mass is 519 g/mol. The van der Waals surface area contributed by atoms with E-state index in [1.54, 1.807) is 18.2 Å². The molecular formula is C29H33N3O6. The highest BCUT2D eigenvalue weighted by molar-refractivity contribution is 5.80. The van der Waals surface area contributed by atoms with Gasteiger partial charge in [0.2, 0.25) is 5.95 Å². The van der Waals surface area contributed by atoms with E-state index in [1.165, 1.54) is 6.07 Å². The SMILES string of the molecule is CC(C)(C)COC(=O)CC(Cc1ccc2oc(CCCNc3nc4ccccc4[nH]3)cc(=O)c2c1)C(=O)O. The van der Waals surface area contributed by atoms with Crippen LogP contribution in [-0.2, 0) is 27.2 Å². The van der Waals surface area contributed by atoms with Crippen molar-refractivity contribution in [3.8, 4) is 0 Å². The Kier molecular flexibility index (Phi) is 8.14. The number of esters is 1. The van der Waals surface area contributed by atoms with Crippen LogP contribution in [0.3, 0.4) is 0 Å². The lowest BCUT2D eigenvalue weighted by Gasteiger charge is -2.19. The number of para-hydroxylation sites is 2. The van der Waals surface area contributed by atoms with Crippen molar-refractivity contribution in [1.82, 2.24) is 9.97 Å². The summed E-state index contributed by atoms with van der Waals surface area (Å²) in [5.41, 5.74) is 2.55. The molecule has 0 fully saturated rings. The molecule has 2 aromatic carbocycles. The first-order valence-electron chi connectivity index (χ1n) is 12.7. The fraction of sp³-hybridized carbons (Fsp3) is 0.379. The molecule has 200 valence electrons. The maximum Gasteiger partial charge on any atom is 0.307 e. The van der Waals surface area contributed by atoms with Crippen LogP contribution in [0, 0.1) is 11.3 Å². The van der Waals surface area contributed by atoms with E-state index >= 15 is 0 Å². The normalized spacial score (nSPS) is 12.5. The number of fused-ring (bicyclic) bond motifs is 2. The number of benzene rings is 2. The van der Waals surface area contributed by atoms with Crippen LogP contribution in [0.15, 0.2) is 57.7 Å². The molecule has 0 aliphatic carbocycles. The number of rotatable bonds is 11. The Morgan fingerprint density at radius 1 is 1.16 bits per heavy atom. The highest BCUT2D eigenvalue weighted by Gasteiger charge is 2.24. The molecule has 0 aliphatic heterocycles. The van der Waals surface area contributed by atoms with Crippen molar-refractivity contribution in [3.63, 3.8) is 0 Å². The van der Waals surface area contributed by atoms with Crippen LogP contribution in [-0.4, -0.2) is 40.2 Å². The third kappa shape index (κ3) is 7.21. The van der Waals surface area contributed by atoms with Crippen molar-refractivity contribution in [3.05, 3.63) is 70.1 Å². The smallest absolute Gasteiger partial charge is 0.307 e. The van der Waals surface area contributed by atoms with Crippen LogP contribution in [0.5, 0.6) is 0 Å². The third-order valence-corrected chi connectivity index (χ3v) is 6.03. The zero-order chi connectivity index (χ0) is 27.3. The van der Waals surface area contributed by atoms with Crippen molar-refractivity contribution in [2.45, 2.75) is 46.5 Å². The van der Waals surface area contributed by atoms with E-state index in [2.05, 4.69) is 15.3 Å². The Labute approximate surface area is 220 Å². The summed E-state index contributed by atoms with van der Waals surface area (Å²) in [7, 11) is 0. The van der Waals surface area contributed by atoms with E-state index in [0.717, 1.165) is 17.5 Å². The summed E-state index contributed by atoms with van der Waals surface area (Å²) in [4.78, 5) is 44.4. The molecule has 0 spiro atoms. The molecule has 4 aromatic rings. The van der Waals surface area contributed by atoms with Gasteiger partial charge in [0, 0.05) is 19.0 Å². The molecule has 1 unspecified atom stereocenters. The molecule has 0 aliphatic rings. The first-order valence-corrected chi connectivity index (χ1v) is 12.7. The topological polar surface area (TPSA) is 135 Å². The number of imidazole rings is 1. The van der Waals surface area contributed by atoms with Crippen LogP contribution in [0.4, 0.5) is 5.95 Å². The zero-order valence-corrected chi connectivity index (χ0v) is 21.9. The van der Waals surface area contributed by atoms with E-state index < -0.39 is 17.9 Å². The zero-order valence-electron chi connectivity index (χ0n) is 21.9. The number of aliphatic carboxylic acids is 1. The Balaban J connectivity index is 1.36. The fourth-order valence-corrected chi connectivity index (χ4v) is 4.10. The lowest BCUT2D eigenvalue weighted by atomic mass is 9.95. The number of aryl methyl sites for hydroxylation is 1. The maximum absolute atomic E-state index is 12.8. The first-order chi connectivity index (χ1) is 18.1. The number of nitrogens with zero attached hydrogens (tertiary/aromatic N) is 1. The molecule has 3 N–H and O–H groups in total. The van der Waals surface area contributed by atoms with Gasteiger partial charge in [-0.05, 0) is 48.1 Å². The number of carbonyl (C=O) groups excluding carboxylic acids is 1. The van der Waals surface area contributed by atoms with E-state index in [9.17, 15) is 19.5 Å². The van der Waals surface area contributed by atoms with Crippen LogP contribution in [0.25, 0.3) is 22.0 Å². The number of nitrogens with one attached hydrogen (secondary N) is 2. The number of carboxylic acid groups (broad SMARTS) is 1. The Hall–Kier alpha value is -4.14. The number of hydrogen-bond donors (Lipinski definition) is 3. The summed E-state index contributed by atoms with van der Waals surface area (Å²) < 4.78 is 11.2. The second-order valence-electron chi connectivity index (χ2n) is 10.7. The van der Waals surface area contributed by atoms with Gasteiger partial charge in [0.1, 0.15) is 11.3 Å². The van der Waals surface area contributed by atoms with Crippen LogP contribution < -0.4 is 10.7 Å². The maximum atomic E-state index is 12.8. The van der Waals surface area contributed by atoms with E-state index in [4.69, 9.17) is 9.15 Å². The van der Waals surface area contributed by atoms with Gasteiger partial charge >= 0.3 is 11.9 Å². The minimum atomic E-state index is -1.09. The molecule has 2 heterocycles. The van der Waals surface area contributed by atoms with Gasteiger partial charge in [0.05, 0.1) is 35.4 Å². The molecule has 0 amide bonds. The predicted octanol–water partition coefficient (Wildman–Crippen LogP) is 4.94. The van der Waals surface area contributed by atoms with Crippen molar-refractivity contribution in [2.24, 2.45) is 11.3 Å². The summed E-state index contributed by atoms with van der Waals surface area (Å²) >= 11 is 0. The average molecular weight is 520 g/mol. The molecule has 0 saturated heterocycles. The van der Waals surface area contributed by atoms with E-state index in [-0.39, 0.29) is 30.3 Å². The van der Waals surface area contributed by atoms with Gasteiger partial charge in [-0.25, -0.2) is 4.98 Å². The standard InChI is InChI=1S/C29H33N3O6/c1-29(2,3)17-37-26(34)15-19(27(35)36)13-18-10-11-25-21(14-18)24(33)16-20(38-25)7-6-12-30-28-31-22-8-4-5-9-23(22)32-28/h4-5,8-11,14,16,19H,6-7,12-13,15,17H2,1-3H3,(H,35,36)(H2,30,31,32). The fourth-order valence-electron chi connectivity index (χ4n) is 4.10. The Morgan fingerprint density at radius 3 is 2.68 bits per heavy atom. The minimum absolute atomic E-state index is 0.102. The van der Waals surface area contributed by atoms with E-state index in [0.29, 0.717) is 41.2 Å². The average Bonchev–Trinajstić information content (AvgIpc) is 3.28. The third-order valence-electron chi connectivity index (χ3n) is 6.03. The van der Waals surface area contributed by atoms with Gasteiger partial charge in [-0.3, -0.25) is 14.4 Å². The molecule has 0 bridgehead atoms.